The molecule has 0 aliphatic heterocycles. The molecule has 1 aromatic rings. The number of rotatable bonds is 3. The molecule has 0 aliphatic rings. The monoisotopic (exact) mass is 229 g/mol. The van der Waals surface area contributed by atoms with Gasteiger partial charge in [0, 0.05) is 5.56 Å². The van der Waals surface area contributed by atoms with Crippen molar-refractivity contribution in [2.75, 3.05) is 0 Å². The van der Waals surface area contributed by atoms with E-state index in [0.717, 1.165) is 19.1 Å². The maximum absolute atomic E-state index is 13.4. The average Bonchev–Trinajstić information content (AvgIpc) is 2.21. The number of carbonyl (C=O) groups excluding carboxylic acids is 1. The molecule has 1 unspecified atom stereocenters. The van der Waals surface area contributed by atoms with Gasteiger partial charge in [-0.05, 0) is 13.0 Å². The summed E-state index contributed by atoms with van der Waals surface area (Å²) >= 11 is 0. The Hall–Kier alpha value is -1.98. The van der Waals surface area contributed by atoms with Crippen molar-refractivity contribution in [3.05, 3.63) is 35.4 Å². The Labute approximate surface area is 89.9 Å². The summed E-state index contributed by atoms with van der Waals surface area (Å²) in [7, 11) is 0. The minimum Gasteiger partial charge on any atom is -0.465 e. The van der Waals surface area contributed by atoms with Gasteiger partial charge in [-0.2, -0.15) is 0 Å². The Morgan fingerprint density at radius 3 is 2.62 bits per heavy atom. The van der Waals surface area contributed by atoms with Crippen molar-refractivity contribution in [2.45, 2.75) is 12.5 Å². The van der Waals surface area contributed by atoms with Crippen molar-refractivity contribution in [3.8, 4) is 0 Å². The number of halogens is 2. The van der Waals surface area contributed by atoms with Crippen LogP contribution in [0.4, 0.5) is 13.6 Å². The highest BCUT2D eigenvalue weighted by atomic mass is 19.2. The number of amides is 1. The van der Waals surface area contributed by atoms with Gasteiger partial charge in [0.05, 0.1) is 0 Å². The normalized spacial score (nSPS) is 13.9. The molecule has 0 aromatic heterocycles. The van der Waals surface area contributed by atoms with E-state index in [1.165, 1.54) is 6.07 Å². The number of nitrogens with one attached hydrogen (secondary N) is 1. The van der Waals surface area contributed by atoms with Crippen molar-refractivity contribution in [1.82, 2.24) is 5.32 Å². The summed E-state index contributed by atoms with van der Waals surface area (Å²) in [6, 6.07) is 3.21. The molecule has 0 fully saturated rings. The van der Waals surface area contributed by atoms with E-state index in [1.807, 2.05) is 5.32 Å². The van der Waals surface area contributed by atoms with Gasteiger partial charge in [-0.25, -0.2) is 13.6 Å². The Morgan fingerprint density at radius 2 is 2.12 bits per heavy atom. The molecule has 1 rings (SSSR count). The van der Waals surface area contributed by atoms with Gasteiger partial charge in [-0.3, -0.25) is 0 Å². The highest BCUT2D eigenvalue weighted by Crippen LogP contribution is 2.23. The number of hydrogen-bond acceptors (Lipinski definition) is 2. The van der Waals surface area contributed by atoms with Crippen LogP contribution in [-0.2, 0) is 10.3 Å². The number of hydrogen-bond donors (Lipinski definition) is 2. The van der Waals surface area contributed by atoms with Crippen LogP contribution in [0.2, 0.25) is 0 Å². The third kappa shape index (κ3) is 2.16. The van der Waals surface area contributed by atoms with Crippen molar-refractivity contribution >= 4 is 12.4 Å². The van der Waals surface area contributed by atoms with Gasteiger partial charge in [-0.1, -0.05) is 12.1 Å². The molecule has 86 valence electrons. The molecule has 2 N–H and O–H groups in total. The van der Waals surface area contributed by atoms with Crippen LogP contribution in [0.3, 0.4) is 0 Å². The lowest BCUT2D eigenvalue weighted by Crippen LogP contribution is -2.44. The van der Waals surface area contributed by atoms with Crippen LogP contribution < -0.4 is 5.32 Å². The van der Waals surface area contributed by atoms with Crippen molar-refractivity contribution < 1.29 is 23.5 Å². The molecule has 0 heterocycles. The first-order chi connectivity index (χ1) is 7.40. The summed E-state index contributed by atoms with van der Waals surface area (Å²) in [5, 5.41) is 10.3. The lowest BCUT2D eigenvalue weighted by Gasteiger charge is -2.23. The first-order valence-electron chi connectivity index (χ1n) is 4.32. The summed E-state index contributed by atoms with van der Waals surface area (Å²) in [5.74, 6) is -2.39. The molecule has 0 aliphatic carbocycles. The van der Waals surface area contributed by atoms with E-state index in [1.54, 1.807) is 0 Å². The number of carboxylic acid groups (broad SMARTS) is 1. The first kappa shape index (κ1) is 12.1. The van der Waals surface area contributed by atoms with E-state index in [0.29, 0.717) is 0 Å². The molecule has 0 saturated carbocycles. The fraction of sp³-hybridized carbons (Fsp3) is 0.200. The van der Waals surface area contributed by atoms with Crippen LogP contribution in [0.15, 0.2) is 18.2 Å². The Bertz CT molecular complexity index is 436. The maximum Gasteiger partial charge on any atom is 0.405 e. The van der Waals surface area contributed by atoms with Crippen LogP contribution in [0.1, 0.15) is 12.5 Å². The van der Waals surface area contributed by atoms with Crippen molar-refractivity contribution in [1.29, 1.82) is 0 Å². The summed E-state index contributed by atoms with van der Waals surface area (Å²) in [5.41, 5.74) is -2.16. The number of benzene rings is 1. The summed E-state index contributed by atoms with van der Waals surface area (Å²) in [4.78, 5) is 21.3. The first-order valence-corrected chi connectivity index (χ1v) is 4.32. The highest BCUT2D eigenvalue weighted by Gasteiger charge is 2.32. The van der Waals surface area contributed by atoms with Crippen LogP contribution in [-0.4, -0.2) is 17.5 Å². The maximum atomic E-state index is 13.4. The SMILES string of the molecule is CC(C=O)(NC(=O)O)c1cccc(F)c1F. The molecular weight excluding hydrogens is 220 g/mol. The summed E-state index contributed by atoms with van der Waals surface area (Å²) < 4.78 is 26.3. The predicted octanol–water partition coefficient (Wildman–Crippen LogP) is 1.65. The second-order valence-electron chi connectivity index (χ2n) is 3.35. The number of aldehydes is 1. The lowest BCUT2D eigenvalue weighted by molar-refractivity contribution is -0.113. The Kier molecular flexibility index (Phi) is 3.22. The van der Waals surface area contributed by atoms with E-state index >= 15 is 0 Å². The molecule has 1 atom stereocenters. The highest BCUT2D eigenvalue weighted by molar-refractivity contribution is 5.76. The smallest absolute Gasteiger partial charge is 0.405 e. The van der Waals surface area contributed by atoms with E-state index in [-0.39, 0.29) is 11.8 Å². The van der Waals surface area contributed by atoms with Crippen LogP contribution in [0, 0.1) is 11.6 Å². The molecule has 0 spiro atoms. The van der Waals surface area contributed by atoms with Crippen LogP contribution in [0.25, 0.3) is 0 Å². The quantitative estimate of drug-likeness (QED) is 0.774. The second-order valence-corrected chi connectivity index (χ2v) is 3.35. The third-order valence-electron chi connectivity index (χ3n) is 2.11. The van der Waals surface area contributed by atoms with Gasteiger partial charge in [0.25, 0.3) is 0 Å². The molecule has 16 heavy (non-hydrogen) atoms. The topological polar surface area (TPSA) is 66.4 Å². The Morgan fingerprint density at radius 1 is 1.50 bits per heavy atom. The molecule has 6 heteroatoms. The second kappa shape index (κ2) is 4.26. The predicted molar refractivity (Wildman–Crippen MR) is 50.9 cm³/mol. The minimum absolute atomic E-state index is 0.207. The van der Waals surface area contributed by atoms with Gasteiger partial charge in [-0.15, -0.1) is 0 Å². The molecule has 4 nitrogen and oxygen atoms in total. The summed E-state index contributed by atoms with van der Waals surface area (Å²) in [6.45, 7) is 1.14. The molecule has 0 bridgehead atoms. The molecular formula is C10H9F2NO3. The zero-order valence-electron chi connectivity index (χ0n) is 8.33. The molecule has 1 amide bonds. The minimum atomic E-state index is -1.81. The largest absolute Gasteiger partial charge is 0.465 e. The van der Waals surface area contributed by atoms with Gasteiger partial charge < -0.3 is 15.2 Å². The van der Waals surface area contributed by atoms with Crippen LogP contribution in [0.5, 0.6) is 0 Å². The van der Waals surface area contributed by atoms with Crippen molar-refractivity contribution in [3.63, 3.8) is 0 Å². The van der Waals surface area contributed by atoms with E-state index in [4.69, 9.17) is 5.11 Å². The zero-order chi connectivity index (χ0) is 12.3. The van der Waals surface area contributed by atoms with Gasteiger partial charge in [0.2, 0.25) is 0 Å². The van der Waals surface area contributed by atoms with Gasteiger partial charge >= 0.3 is 6.09 Å². The Balaban J connectivity index is 3.27. The van der Waals surface area contributed by atoms with E-state index in [2.05, 4.69) is 0 Å². The molecule has 0 radical (unpaired) electrons. The van der Waals surface area contributed by atoms with E-state index in [9.17, 15) is 18.4 Å². The van der Waals surface area contributed by atoms with Gasteiger partial charge in [0.1, 0.15) is 11.8 Å². The standard InChI is InChI=1S/C10H9F2NO3/c1-10(5-14,13-9(15)16)6-3-2-4-7(11)8(6)12/h2-5,13H,1H3,(H,15,16). The lowest BCUT2D eigenvalue weighted by atomic mass is 9.93. The fourth-order valence-electron chi connectivity index (χ4n) is 1.29. The number of carbonyl (C=O) groups is 2. The molecule has 0 saturated heterocycles. The van der Waals surface area contributed by atoms with E-state index < -0.39 is 23.3 Å². The summed E-state index contributed by atoms with van der Waals surface area (Å²) in [6.07, 6.45) is -1.29. The zero-order valence-corrected chi connectivity index (χ0v) is 8.33. The van der Waals surface area contributed by atoms with Crippen LogP contribution >= 0.6 is 0 Å². The molecule has 1 aromatic carbocycles. The van der Waals surface area contributed by atoms with Crippen molar-refractivity contribution in [2.24, 2.45) is 0 Å². The fourth-order valence-corrected chi connectivity index (χ4v) is 1.29. The third-order valence-corrected chi connectivity index (χ3v) is 2.11. The average molecular weight is 229 g/mol. The van der Waals surface area contributed by atoms with Gasteiger partial charge in [0.15, 0.2) is 11.6 Å².